The molecule has 2 rings (SSSR count). The number of amides is 2. The number of nitrogens with one attached hydrogen (secondary N) is 1. The molecule has 0 aliphatic carbocycles. The van der Waals surface area contributed by atoms with Gasteiger partial charge in [-0.1, -0.05) is 49.7 Å². The molecule has 0 radical (unpaired) electrons. The molecule has 31 heavy (non-hydrogen) atoms. The highest BCUT2D eigenvalue weighted by Crippen LogP contribution is 2.23. The number of ether oxygens (including phenoxy) is 2. The summed E-state index contributed by atoms with van der Waals surface area (Å²) in [6.07, 6.45) is 1.29. The number of carbonyl (C=O) groups excluding carboxylic acids is 2. The topological polar surface area (TPSA) is 67.9 Å². The van der Waals surface area contributed by atoms with Crippen LogP contribution in [0.25, 0.3) is 0 Å². The fourth-order valence-corrected chi connectivity index (χ4v) is 3.26. The number of rotatable bonds is 11. The minimum Gasteiger partial charge on any atom is -0.497 e. The van der Waals surface area contributed by atoms with Crippen molar-refractivity contribution in [1.29, 1.82) is 0 Å². The fraction of sp³-hybridized carbons (Fsp3) is 0.417. The van der Waals surface area contributed by atoms with Crippen LogP contribution in [0.5, 0.6) is 11.5 Å². The minimum atomic E-state index is -0.613. The van der Waals surface area contributed by atoms with Gasteiger partial charge in [0.05, 0.1) is 12.1 Å². The maximum absolute atomic E-state index is 13.2. The molecule has 168 valence electrons. The lowest BCUT2D eigenvalue weighted by Crippen LogP contribution is -2.51. The van der Waals surface area contributed by atoms with Gasteiger partial charge >= 0.3 is 0 Å². The number of methoxy groups -OCH3 is 1. The summed E-state index contributed by atoms with van der Waals surface area (Å²) in [5.41, 5.74) is 0.890. The lowest BCUT2D eigenvalue weighted by Gasteiger charge is -2.31. The van der Waals surface area contributed by atoms with Crippen molar-refractivity contribution in [1.82, 2.24) is 10.2 Å². The zero-order valence-corrected chi connectivity index (χ0v) is 19.3. The summed E-state index contributed by atoms with van der Waals surface area (Å²) in [5, 5.41) is 3.42. The van der Waals surface area contributed by atoms with Crippen LogP contribution < -0.4 is 14.8 Å². The van der Waals surface area contributed by atoms with Crippen LogP contribution in [0.1, 0.15) is 39.2 Å². The smallest absolute Gasteiger partial charge is 0.261 e. The van der Waals surface area contributed by atoms with Crippen LogP contribution in [0, 0.1) is 0 Å². The van der Waals surface area contributed by atoms with Gasteiger partial charge in [-0.05, 0) is 49.6 Å². The average molecular weight is 447 g/mol. The third kappa shape index (κ3) is 7.17. The second-order valence-corrected chi connectivity index (χ2v) is 7.74. The molecule has 2 aromatic carbocycles. The molecule has 2 atom stereocenters. The van der Waals surface area contributed by atoms with Crippen LogP contribution in [0.3, 0.4) is 0 Å². The van der Waals surface area contributed by atoms with Crippen LogP contribution in [0.15, 0.2) is 48.5 Å². The van der Waals surface area contributed by atoms with Gasteiger partial charge in [0.25, 0.3) is 5.91 Å². The highest BCUT2D eigenvalue weighted by molar-refractivity contribution is 6.32. The van der Waals surface area contributed by atoms with Crippen molar-refractivity contribution in [2.45, 2.75) is 52.2 Å². The van der Waals surface area contributed by atoms with Gasteiger partial charge in [0.1, 0.15) is 17.5 Å². The number of hydrogen-bond donors (Lipinski definition) is 1. The number of nitrogens with zero attached hydrogens (tertiary/aromatic N) is 1. The van der Waals surface area contributed by atoms with Crippen LogP contribution in [-0.4, -0.2) is 42.5 Å². The third-order valence-corrected chi connectivity index (χ3v) is 5.40. The second kappa shape index (κ2) is 12.2. The Labute approximate surface area is 189 Å². The van der Waals surface area contributed by atoms with E-state index in [4.69, 9.17) is 21.1 Å². The summed E-state index contributed by atoms with van der Waals surface area (Å²) < 4.78 is 10.9. The average Bonchev–Trinajstić information content (AvgIpc) is 2.78. The summed E-state index contributed by atoms with van der Waals surface area (Å²) >= 11 is 6.13. The van der Waals surface area contributed by atoms with Gasteiger partial charge in [0, 0.05) is 12.6 Å². The summed E-state index contributed by atoms with van der Waals surface area (Å²) in [7, 11) is 1.60. The van der Waals surface area contributed by atoms with Gasteiger partial charge < -0.3 is 19.7 Å². The van der Waals surface area contributed by atoms with E-state index in [2.05, 4.69) is 5.32 Å². The molecule has 7 heteroatoms. The molecule has 2 amide bonds. The van der Waals surface area contributed by atoms with Crippen molar-refractivity contribution in [3.63, 3.8) is 0 Å². The molecule has 0 aliphatic heterocycles. The number of hydrogen-bond acceptors (Lipinski definition) is 4. The number of halogens is 1. The Kier molecular flexibility index (Phi) is 9.66. The Morgan fingerprint density at radius 3 is 2.32 bits per heavy atom. The molecule has 0 saturated heterocycles. The van der Waals surface area contributed by atoms with Crippen molar-refractivity contribution in [2.75, 3.05) is 13.7 Å². The highest BCUT2D eigenvalue weighted by atomic mass is 35.5. The van der Waals surface area contributed by atoms with E-state index in [9.17, 15) is 9.59 Å². The molecule has 0 fully saturated rings. The van der Waals surface area contributed by atoms with Crippen LogP contribution in [-0.2, 0) is 16.1 Å². The van der Waals surface area contributed by atoms with Crippen LogP contribution in [0.2, 0.25) is 5.02 Å². The highest BCUT2D eigenvalue weighted by Gasteiger charge is 2.29. The van der Waals surface area contributed by atoms with Gasteiger partial charge in [-0.3, -0.25) is 9.59 Å². The quantitative estimate of drug-likeness (QED) is 0.553. The van der Waals surface area contributed by atoms with Crippen molar-refractivity contribution in [3.05, 3.63) is 59.1 Å². The fourth-order valence-electron chi connectivity index (χ4n) is 3.07. The molecule has 0 aromatic heterocycles. The maximum atomic E-state index is 13.2. The molecule has 0 heterocycles. The van der Waals surface area contributed by atoms with Crippen LogP contribution >= 0.6 is 11.6 Å². The van der Waals surface area contributed by atoms with E-state index < -0.39 is 6.04 Å². The Balaban J connectivity index is 2.22. The Morgan fingerprint density at radius 1 is 1.06 bits per heavy atom. The summed E-state index contributed by atoms with van der Waals surface area (Å²) in [6, 6.07) is 13.8. The number of para-hydroxylation sites is 1. The zero-order chi connectivity index (χ0) is 22.8. The van der Waals surface area contributed by atoms with Crippen LogP contribution in [0.4, 0.5) is 0 Å². The standard InChI is InChI=1S/C24H31ClN2O4/c1-5-17(3)26-24(29)21(6-2)27(15-18-11-13-19(30-4)14-12-18)23(28)16-31-22-10-8-7-9-20(22)25/h7-14,17,21H,5-6,15-16H2,1-4H3,(H,26,29). The lowest BCUT2D eigenvalue weighted by atomic mass is 10.1. The van der Waals surface area contributed by atoms with E-state index in [1.807, 2.05) is 45.0 Å². The molecule has 0 saturated carbocycles. The largest absolute Gasteiger partial charge is 0.497 e. The Morgan fingerprint density at radius 2 is 1.74 bits per heavy atom. The molecule has 1 N–H and O–H groups in total. The van der Waals surface area contributed by atoms with Gasteiger partial charge in [0.15, 0.2) is 6.61 Å². The zero-order valence-electron chi connectivity index (χ0n) is 18.6. The monoisotopic (exact) mass is 446 g/mol. The van der Waals surface area contributed by atoms with E-state index in [0.29, 0.717) is 17.2 Å². The summed E-state index contributed by atoms with van der Waals surface area (Å²) in [6.45, 7) is 5.91. The Bertz CT molecular complexity index is 857. The molecule has 6 nitrogen and oxygen atoms in total. The third-order valence-electron chi connectivity index (χ3n) is 5.09. The first-order valence-electron chi connectivity index (χ1n) is 10.5. The Hall–Kier alpha value is -2.73. The summed E-state index contributed by atoms with van der Waals surface area (Å²) in [5.74, 6) is 0.697. The van der Waals surface area contributed by atoms with E-state index in [0.717, 1.165) is 17.7 Å². The first-order valence-corrected chi connectivity index (χ1v) is 10.9. The summed E-state index contributed by atoms with van der Waals surface area (Å²) in [4.78, 5) is 27.7. The second-order valence-electron chi connectivity index (χ2n) is 7.33. The first-order chi connectivity index (χ1) is 14.9. The molecule has 2 aromatic rings. The van der Waals surface area contributed by atoms with Gasteiger partial charge in [0.2, 0.25) is 5.91 Å². The van der Waals surface area contributed by atoms with Crippen molar-refractivity contribution in [3.8, 4) is 11.5 Å². The molecular formula is C24H31ClN2O4. The van der Waals surface area contributed by atoms with E-state index in [-0.39, 0.29) is 31.0 Å². The predicted molar refractivity (Wildman–Crippen MR) is 122 cm³/mol. The molecule has 0 aliphatic rings. The van der Waals surface area contributed by atoms with E-state index >= 15 is 0 Å². The first kappa shape index (κ1) is 24.5. The molecule has 0 bridgehead atoms. The molecule has 0 spiro atoms. The SMILES string of the molecule is CCC(C)NC(=O)C(CC)N(Cc1ccc(OC)cc1)C(=O)COc1ccccc1Cl. The van der Waals surface area contributed by atoms with E-state index in [1.165, 1.54) is 0 Å². The van der Waals surface area contributed by atoms with Gasteiger partial charge in [-0.25, -0.2) is 0 Å². The van der Waals surface area contributed by atoms with Crippen molar-refractivity contribution >= 4 is 23.4 Å². The minimum absolute atomic E-state index is 0.0267. The van der Waals surface area contributed by atoms with Gasteiger partial charge in [-0.2, -0.15) is 0 Å². The predicted octanol–water partition coefficient (Wildman–Crippen LogP) is 4.45. The van der Waals surface area contributed by atoms with Crippen molar-refractivity contribution in [2.24, 2.45) is 0 Å². The number of benzene rings is 2. The van der Waals surface area contributed by atoms with E-state index in [1.54, 1.807) is 36.3 Å². The van der Waals surface area contributed by atoms with Gasteiger partial charge in [-0.15, -0.1) is 0 Å². The molecular weight excluding hydrogens is 416 g/mol. The normalized spacial score (nSPS) is 12.5. The molecule has 2 unspecified atom stereocenters. The maximum Gasteiger partial charge on any atom is 0.261 e. The van der Waals surface area contributed by atoms with Crippen molar-refractivity contribution < 1.29 is 19.1 Å². The lowest BCUT2D eigenvalue weighted by molar-refractivity contribution is -0.143. The number of carbonyl (C=O) groups is 2.